The fraction of sp³-hybridized carbons (Fsp3) is 0.364. The smallest absolute Gasteiger partial charge is 0.377 e. The molecular weight excluding hydrogens is 395 g/mol. The van der Waals surface area contributed by atoms with Gasteiger partial charge in [0.15, 0.2) is 0 Å². The number of H-pyrrole nitrogens is 1. The highest BCUT2D eigenvalue weighted by Crippen LogP contribution is 2.29. The molecule has 1 saturated heterocycles. The standard InChI is InChI=1S/C22H22F3N3O2/c23-22(24,25)16-9-7-15(8-10-16)12-28(13-17-4-3-11-30-17)14-20-26-19-6-2-1-5-18(19)21(29)27-20/h1-2,5-10,17H,3-4,11-14H2,(H,26,27,29)/t17-/m1/s1. The van der Waals surface area contributed by atoms with Crippen LogP contribution >= 0.6 is 0 Å². The third-order valence-electron chi connectivity index (χ3n) is 5.21. The van der Waals surface area contributed by atoms with Crippen LogP contribution in [-0.2, 0) is 24.0 Å². The fourth-order valence-corrected chi connectivity index (χ4v) is 3.74. The first-order valence-electron chi connectivity index (χ1n) is 9.86. The lowest BCUT2D eigenvalue weighted by atomic mass is 10.1. The van der Waals surface area contributed by atoms with Crippen molar-refractivity contribution < 1.29 is 17.9 Å². The van der Waals surface area contributed by atoms with Crippen LogP contribution in [0.2, 0.25) is 0 Å². The molecule has 2 heterocycles. The molecule has 0 amide bonds. The number of fused-ring (bicyclic) bond motifs is 1. The van der Waals surface area contributed by atoms with Gasteiger partial charge in [-0.15, -0.1) is 0 Å². The Hall–Kier alpha value is -2.71. The first-order chi connectivity index (χ1) is 14.4. The first-order valence-corrected chi connectivity index (χ1v) is 9.86. The number of nitrogens with zero attached hydrogens (tertiary/aromatic N) is 2. The van der Waals surface area contributed by atoms with Crippen molar-refractivity contribution in [3.05, 3.63) is 75.8 Å². The molecule has 1 aromatic heterocycles. The summed E-state index contributed by atoms with van der Waals surface area (Å²) >= 11 is 0. The molecule has 5 nitrogen and oxygen atoms in total. The summed E-state index contributed by atoms with van der Waals surface area (Å²) in [5, 5.41) is 0.523. The quantitative estimate of drug-likeness (QED) is 0.656. The van der Waals surface area contributed by atoms with Crippen molar-refractivity contribution >= 4 is 10.9 Å². The van der Waals surface area contributed by atoms with E-state index in [2.05, 4.69) is 9.97 Å². The van der Waals surface area contributed by atoms with Gasteiger partial charge in [-0.1, -0.05) is 24.3 Å². The topological polar surface area (TPSA) is 58.2 Å². The average Bonchev–Trinajstić information content (AvgIpc) is 3.21. The lowest BCUT2D eigenvalue weighted by molar-refractivity contribution is -0.137. The van der Waals surface area contributed by atoms with E-state index in [4.69, 9.17) is 4.74 Å². The summed E-state index contributed by atoms with van der Waals surface area (Å²) in [6, 6.07) is 12.3. The second-order valence-corrected chi connectivity index (χ2v) is 7.53. The van der Waals surface area contributed by atoms with Crippen molar-refractivity contribution in [1.82, 2.24) is 14.9 Å². The molecule has 1 atom stereocenters. The van der Waals surface area contributed by atoms with Gasteiger partial charge in [-0.05, 0) is 42.7 Å². The number of ether oxygens (including phenoxy) is 1. The summed E-state index contributed by atoms with van der Waals surface area (Å²) in [6.07, 6.45) is -2.37. The zero-order valence-electron chi connectivity index (χ0n) is 16.3. The van der Waals surface area contributed by atoms with Crippen LogP contribution in [0.25, 0.3) is 10.9 Å². The maximum Gasteiger partial charge on any atom is 0.416 e. The van der Waals surface area contributed by atoms with Crippen LogP contribution in [0.3, 0.4) is 0 Å². The van der Waals surface area contributed by atoms with Crippen LogP contribution in [-0.4, -0.2) is 34.1 Å². The molecule has 1 aliphatic rings. The predicted octanol–water partition coefficient (Wildman–Crippen LogP) is 4.12. The van der Waals surface area contributed by atoms with E-state index in [-0.39, 0.29) is 11.7 Å². The number of benzene rings is 2. The third-order valence-corrected chi connectivity index (χ3v) is 5.21. The van der Waals surface area contributed by atoms with Gasteiger partial charge in [-0.3, -0.25) is 9.69 Å². The summed E-state index contributed by atoms with van der Waals surface area (Å²) in [7, 11) is 0. The lowest BCUT2D eigenvalue weighted by Crippen LogP contribution is -2.32. The van der Waals surface area contributed by atoms with E-state index in [1.807, 2.05) is 11.0 Å². The Labute approximate surface area is 171 Å². The van der Waals surface area contributed by atoms with E-state index in [1.54, 1.807) is 18.2 Å². The molecule has 1 N–H and O–H groups in total. The van der Waals surface area contributed by atoms with Crippen molar-refractivity contribution in [3.8, 4) is 0 Å². The number of para-hydroxylation sites is 1. The summed E-state index contributed by atoms with van der Waals surface area (Å²) in [5.74, 6) is 0.517. The normalized spacial score (nSPS) is 17.1. The molecule has 1 fully saturated rings. The molecule has 30 heavy (non-hydrogen) atoms. The van der Waals surface area contributed by atoms with Crippen molar-refractivity contribution in [3.63, 3.8) is 0 Å². The minimum absolute atomic E-state index is 0.0617. The molecule has 0 bridgehead atoms. The van der Waals surface area contributed by atoms with Crippen LogP contribution < -0.4 is 5.56 Å². The van der Waals surface area contributed by atoms with Gasteiger partial charge >= 0.3 is 6.18 Å². The number of halogens is 3. The van der Waals surface area contributed by atoms with Crippen LogP contribution in [0.4, 0.5) is 13.2 Å². The van der Waals surface area contributed by atoms with Crippen LogP contribution in [0.5, 0.6) is 0 Å². The molecule has 8 heteroatoms. The van der Waals surface area contributed by atoms with Gasteiger partial charge in [0.05, 0.1) is 29.1 Å². The minimum atomic E-state index is -4.36. The van der Waals surface area contributed by atoms with Crippen molar-refractivity contribution in [2.45, 2.75) is 38.2 Å². The van der Waals surface area contributed by atoms with Crippen LogP contribution in [0, 0.1) is 0 Å². The molecule has 2 aromatic carbocycles. The number of rotatable bonds is 6. The van der Waals surface area contributed by atoms with Gasteiger partial charge in [0.25, 0.3) is 5.56 Å². The molecule has 3 aromatic rings. The van der Waals surface area contributed by atoms with Crippen molar-refractivity contribution in [2.75, 3.05) is 13.2 Å². The van der Waals surface area contributed by atoms with Crippen molar-refractivity contribution in [1.29, 1.82) is 0 Å². The van der Waals surface area contributed by atoms with Gasteiger partial charge in [-0.2, -0.15) is 13.2 Å². The highest BCUT2D eigenvalue weighted by Gasteiger charge is 2.30. The maximum absolute atomic E-state index is 12.8. The van der Waals surface area contributed by atoms with Gasteiger partial charge < -0.3 is 9.72 Å². The average molecular weight is 417 g/mol. The van der Waals surface area contributed by atoms with E-state index >= 15 is 0 Å². The van der Waals surface area contributed by atoms with Gasteiger partial charge in [0.2, 0.25) is 0 Å². The lowest BCUT2D eigenvalue weighted by Gasteiger charge is -2.25. The molecule has 0 saturated carbocycles. The molecular formula is C22H22F3N3O2. The summed E-state index contributed by atoms with van der Waals surface area (Å²) in [4.78, 5) is 21.8. The van der Waals surface area contributed by atoms with Gasteiger partial charge in [0.1, 0.15) is 5.82 Å². The number of nitrogens with one attached hydrogen (secondary N) is 1. The first kappa shape index (κ1) is 20.6. The van der Waals surface area contributed by atoms with E-state index in [0.29, 0.717) is 43.0 Å². The van der Waals surface area contributed by atoms with E-state index < -0.39 is 11.7 Å². The summed E-state index contributed by atoms with van der Waals surface area (Å²) in [5.41, 5.74) is 0.492. The third kappa shape index (κ3) is 4.88. The fourth-order valence-electron chi connectivity index (χ4n) is 3.74. The van der Waals surface area contributed by atoms with Crippen molar-refractivity contribution in [2.24, 2.45) is 0 Å². The summed E-state index contributed by atoms with van der Waals surface area (Å²) in [6.45, 7) is 2.11. The Morgan fingerprint density at radius 1 is 1.10 bits per heavy atom. The Morgan fingerprint density at radius 2 is 1.87 bits per heavy atom. The maximum atomic E-state index is 12.8. The Bertz CT molecular complexity index is 1060. The summed E-state index contributed by atoms with van der Waals surface area (Å²) < 4.78 is 44.2. The molecule has 4 rings (SSSR count). The molecule has 0 unspecified atom stereocenters. The SMILES string of the molecule is O=c1[nH]c(CN(Cc2ccc(C(F)(F)F)cc2)C[C@H]2CCCO2)nc2ccccc12. The van der Waals surface area contributed by atoms with E-state index in [1.165, 1.54) is 12.1 Å². The highest BCUT2D eigenvalue weighted by atomic mass is 19.4. The Balaban J connectivity index is 1.56. The number of hydrogen-bond acceptors (Lipinski definition) is 4. The number of aromatic nitrogens is 2. The van der Waals surface area contributed by atoms with E-state index in [9.17, 15) is 18.0 Å². The zero-order chi connectivity index (χ0) is 21.1. The molecule has 1 aliphatic heterocycles. The second kappa shape index (κ2) is 8.57. The predicted molar refractivity (Wildman–Crippen MR) is 107 cm³/mol. The highest BCUT2D eigenvalue weighted by molar-refractivity contribution is 5.77. The Morgan fingerprint density at radius 3 is 2.57 bits per heavy atom. The number of hydrogen-bond donors (Lipinski definition) is 1. The van der Waals surface area contributed by atoms with Gasteiger partial charge in [-0.25, -0.2) is 4.98 Å². The number of aromatic amines is 1. The molecule has 0 spiro atoms. The van der Waals surface area contributed by atoms with Crippen LogP contribution in [0.1, 0.15) is 29.8 Å². The Kier molecular flexibility index (Phi) is 5.87. The number of alkyl halides is 3. The zero-order valence-corrected chi connectivity index (χ0v) is 16.3. The van der Waals surface area contributed by atoms with Gasteiger partial charge in [0, 0.05) is 19.7 Å². The minimum Gasteiger partial charge on any atom is -0.377 e. The van der Waals surface area contributed by atoms with E-state index in [0.717, 1.165) is 30.5 Å². The molecule has 0 aliphatic carbocycles. The monoisotopic (exact) mass is 417 g/mol. The van der Waals surface area contributed by atoms with Crippen LogP contribution in [0.15, 0.2) is 53.3 Å². The molecule has 158 valence electrons. The second-order valence-electron chi connectivity index (χ2n) is 7.53. The molecule has 0 radical (unpaired) electrons. The largest absolute Gasteiger partial charge is 0.416 e.